The SMILES string of the molecule is Cc1nn(C(C)C(=O)Nc2ccccc2F)c(C)c1[N+](=O)[O-]. The molecule has 116 valence electrons. The first-order valence-electron chi connectivity index (χ1n) is 6.58. The summed E-state index contributed by atoms with van der Waals surface area (Å²) >= 11 is 0. The molecule has 0 saturated heterocycles. The Morgan fingerprint density at radius 1 is 1.41 bits per heavy atom. The van der Waals surface area contributed by atoms with Gasteiger partial charge in [-0.2, -0.15) is 5.10 Å². The number of halogens is 1. The Hall–Kier alpha value is -2.77. The van der Waals surface area contributed by atoms with E-state index in [1.54, 1.807) is 13.0 Å². The van der Waals surface area contributed by atoms with Gasteiger partial charge in [0.25, 0.3) is 0 Å². The van der Waals surface area contributed by atoms with Crippen molar-refractivity contribution in [3.63, 3.8) is 0 Å². The highest BCUT2D eigenvalue weighted by molar-refractivity contribution is 5.93. The van der Waals surface area contributed by atoms with Crippen LogP contribution in [-0.2, 0) is 4.79 Å². The molecule has 0 fully saturated rings. The lowest BCUT2D eigenvalue weighted by molar-refractivity contribution is -0.386. The van der Waals surface area contributed by atoms with E-state index in [9.17, 15) is 19.3 Å². The van der Waals surface area contributed by atoms with Crippen molar-refractivity contribution in [2.24, 2.45) is 0 Å². The van der Waals surface area contributed by atoms with Crippen molar-refractivity contribution in [1.29, 1.82) is 0 Å². The highest BCUT2D eigenvalue weighted by Gasteiger charge is 2.27. The van der Waals surface area contributed by atoms with Crippen molar-refractivity contribution in [2.45, 2.75) is 26.8 Å². The van der Waals surface area contributed by atoms with E-state index in [0.29, 0.717) is 0 Å². The number of hydrogen-bond acceptors (Lipinski definition) is 4. The Morgan fingerprint density at radius 3 is 2.59 bits per heavy atom. The summed E-state index contributed by atoms with van der Waals surface area (Å²) in [4.78, 5) is 22.7. The van der Waals surface area contributed by atoms with Crippen LogP contribution in [0.3, 0.4) is 0 Å². The van der Waals surface area contributed by atoms with Crippen LogP contribution in [0.1, 0.15) is 24.4 Å². The Labute approximate surface area is 125 Å². The summed E-state index contributed by atoms with van der Waals surface area (Å²) in [5.41, 5.74) is 0.438. The van der Waals surface area contributed by atoms with E-state index in [2.05, 4.69) is 10.4 Å². The quantitative estimate of drug-likeness (QED) is 0.694. The molecule has 8 heteroatoms. The molecule has 2 rings (SSSR count). The normalized spacial score (nSPS) is 12.0. The molecule has 22 heavy (non-hydrogen) atoms. The third kappa shape index (κ3) is 2.80. The third-order valence-electron chi connectivity index (χ3n) is 3.35. The van der Waals surface area contributed by atoms with Gasteiger partial charge in [-0.15, -0.1) is 0 Å². The van der Waals surface area contributed by atoms with Crippen LogP contribution >= 0.6 is 0 Å². The molecule has 0 radical (unpaired) electrons. The summed E-state index contributed by atoms with van der Waals surface area (Å²) in [6.07, 6.45) is 0. The maximum absolute atomic E-state index is 13.5. The average molecular weight is 306 g/mol. The number of carbonyl (C=O) groups is 1. The van der Waals surface area contributed by atoms with Gasteiger partial charge in [0.1, 0.15) is 23.2 Å². The van der Waals surface area contributed by atoms with E-state index in [-0.39, 0.29) is 22.8 Å². The number of aromatic nitrogens is 2. The van der Waals surface area contributed by atoms with Crippen LogP contribution < -0.4 is 5.32 Å². The predicted molar refractivity (Wildman–Crippen MR) is 78.1 cm³/mol. The molecule has 0 bridgehead atoms. The Kier molecular flexibility index (Phi) is 4.20. The fourth-order valence-electron chi connectivity index (χ4n) is 2.21. The Morgan fingerprint density at radius 2 is 2.05 bits per heavy atom. The van der Waals surface area contributed by atoms with Crippen molar-refractivity contribution >= 4 is 17.3 Å². The molecule has 1 aromatic heterocycles. The number of nitrogens with one attached hydrogen (secondary N) is 1. The van der Waals surface area contributed by atoms with Crippen LogP contribution in [0.4, 0.5) is 15.8 Å². The van der Waals surface area contributed by atoms with Crippen molar-refractivity contribution in [3.8, 4) is 0 Å². The summed E-state index contributed by atoms with van der Waals surface area (Å²) < 4.78 is 14.8. The van der Waals surface area contributed by atoms with Crippen LogP contribution in [0.15, 0.2) is 24.3 Å². The van der Waals surface area contributed by atoms with Crippen LogP contribution in [0.5, 0.6) is 0 Å². The minimum absolute atomic E-state index is 0.0513. The fourth-order valence-corrected chi connectivity index (χ4v) is 2.21. The van der Waals surface area contributed by atoms with Crippen LogP contribution in [0, 0.1) is 29.8 Å². The van der Waals surface area contributed by atoms with Crippen LogP contribution in [0.25, 0.3) is 0 Å². The lowest BCUT2D eigenvalue weighted by atomic mass is 10.2. The van der Waals surface area contributed by atoms with Crippen molar-refractivity contribution in [2.75, 3.05) is 5.32 Å². The van der Waals surface area contributed by atoms with Gasteiger partial charge in [-0.25, -0.2) is 4.39 Å². The Bertz CT molecular complexity index is 742. The Balaban J connectivity index is 2.27. The smallest absolute Gasteiger partial charge is 0.312 e. The zero-order valence-electron chi connectivity index (χ0n) is 12.3. The lowest BCUT2D eigenvalue weighted by Gasteiger charge is -2.14. The maximum atomic E-state index is 13.5. The fraction of sp³-hybridized carbons (Fsp3) is 0.286. The van der Waals surface area contributed by atoms with Gasteiger partial charge in [-0.1, -0.05) is 12.1 Å². The van der Waals surface area contributed by atoms with Gasteiger partial charge >= 0.3 is 5.69 Å². The highest BCUT2D eigenvalue weighted by atomic mass is 19.1. The van der Waals surface area contributed by atoms with E-state index < -0.39 is 22.7 Å². The van der Waals surface area contributed by atoms with Gasteiger partial charge in [0.05, 0.1) is 10.6 Å². The lowest BCUT2D eigenvalue weighted by Crippen LogP contribution is -2.25. The molecule has 0 spiro atoms. The predicted octanol–water partition coefficient (Wildman–Crippen LogP) is 2.75. The van der Waals surface area contributed by atoms with Gasteiger partial charge in [-0.05, 0) is 32.9 Å². The first-order valence-corrected chi connectivity index (χ1v) is 6.58. The highest BCUT2D eigenvalue weighted by Crippen LogP contribution is 2.25. The van der Waals surface area contributed by atoms with Gasteiger partial charge in [-0.3, -0.25) is 19.6 Å². The molecule has 0 aliphatic rings. The van der Waals surface area contributed by atoms with Gasteiger partial charge in [0.2, 0.25) is 5.91 Å². The second-order valence-corrected chi connectivity index (χ2v) is 4.87. The third-order valence-corrected chi connectivity index (χ3v) is 3.35. The number of nitro groups is 1. The van der Waals surface area contributed by atoms with E-state index in [0.717, 1.165) is 0 Å². The topological polar surface area (TPSA) is 90.1 Å². The molecule has 0 aliphatic heterocycles. The van der Waals surface area contributed by atoms with E-state index in [4.69, 9.17) is 0 Å². The first kappa shape index (κ1) is 15.6. The first-order chi connectivity index (χ1) is 10.3. The van der Waals surface area contributed by atoms with E-state index in [1.807, 2.05) is 0 Å². The largest absolute Gasteiger partial charge is 0.322 e. The molecular formula is C14H15FN4O3. The average Bonchev–Trinajstić information content (AvgIpc) is 2.75. The van der Waals surface area contributed by atoms with Crippen LogP contribution in [0.2, 0.25) is 0 Å². The number of anilines is 1. The molecule has 1 unspecified atom stereocenters. The van der Waals surface area contributed by atoms with E-state index in [1.165, 1.54) is 36.7 Å². The minimum Gasteiger partial charge on any atom is -0.322 e. The molecule has 0 saturated carbocycles. The van der Waals surface area contributed by atoms with Crippen LogP contribution in [-0.4, -0.2) is 20.6 Å². The number of carbonyl (C=O) groups excluding carboxylic acids is 1. The second-order valence-electron chi connectivity index (χ2n) is 4.87. The van der Waals surface area contributed by atoms with Crippen molar-refractivity contribution in [3.05, 3.63) is 51.6 Å². The maximum Gasteiger partial charge on any atom is 0.312 e. The standard InChI is InChI=1S/C14H15FN4O3/c1-8-13(19(21)22)9(2)18(17-8)10(3)14(20)16-12-7-5-4-6-11(12)15/h4-7,10H,1-3H3,(H,16,20). The summed E-state index contributed by atoms with van der Waals surface area (Å²) in [7, 11) is 0. The summed E-state index contributed by atoms with van der Waals surface area (Å²) in [6.45, 7) is 4.56. The molecule has 7 nitrogen and oxygen atoms in total. The molecular weight excluding hydrogens is 291 g/mol. The number of rotatable bonds is 4. The molecule has 1 atom stereocenters. The molecule has 1 amide bonds. The summed E-state index contributed by atoms with van der Waals surface area (Å²) in [5, 5.41) is 17.5. The number of amides is 1. The molecule has 1 N–H and O–H groups in total. The molecule has 1 aromatic carbocycles. The molecule has 1 heterocycles. The summed E-state index contributed by atoms with van der Waals surface area (Å²) in [5.74, 6) is -1.06. The number of aryl methyl sites for hydroxylation is 1. The van der Waals surface area contributed by atoms with Crippen molar-refractivity contribution < 1.29 is 14.1 Å². The number of para-hydroxylation sites is 1. The summed E-state index contributed by atoms with van der Waals surface area (Å²) in [6, 6.07) is 4.96. The molecule has 0 aliphatic carbocycles. The van der Waals surface area contributed by atoms with E-state index >= 15 is 0 Å². The van der Waals surface area contributed by atoms with Gasteiger partial charge in [0, 0.05) is 0 Å². The minimum atomic E-state index is -0.813. The van der Waals surface area contributed by atoms with Gasteiger partial charge < -0.3 is 5.32 Å². The second kappa shape index (κ2) is 5.92. The zero-order valence-corrected chi connectivity index (χ0v) is 12.3. The van der Waals surface area contributed by atoms with Crippen molar-refractivity contribution in [1.82, 2.24) is 9.78 Å². The zero-order chi connectivity index (χ0) is 16.4. The molecule has 2 aromatic rings. The number of nitrogens with zero attached hydrogens (tertiary/aromatic N) is 3. The van der Waals surface area contributed by atoms with Gasteiger partial charge in [0.15, 0.2) is 0 Å². The number of hydrogen-bond donors (Lipinski definition) is 1. The monoisotopic (exact) mass is 306 g/mol. The number of benzene rings is 1.